The van der Waals surface area contributed by atoms with E-state index in [1.165, 1.54) is 11.1 Å². The van der Waals surface area contributed by atoms with Crippen LogP contribution in [0.4, 0.5) is 5.69 Å². The van der Waals surface area contributed by atoms with Crippen LogP contribution in [0.25, 0.3) is 21.9 Å². The number of hydrogen-bond acceptors (Lipinski definition) is 6. The van der Waals surface area contributed by atoms with E-state index in [9.17, 15) is 4.79 Å². The highest BCUT2D eigenvalue weighted by Crippen LogP contribution is 2.26. The fraction of sp³-hybridized carbons (Fsp3) is 0.308. The Labute approximate surface area is 187 Å². The number of fused-ring (bicyclic) bond motifs is 2. The zero-order valence-electron chi connectivity index (χ0n) is 18.3. The molecule has 1 aliphatic rings. The van der Waals surface area contributed by atoms with Crippen molar-refractivity contribution in [2.24, 2.45) is 0 Å². The standard InChI is InChI=1S/C26H27N3O3/c1-19-10-11-20-7-4-8-22(25(20)27-19)29-15-13-28(14-16-29)12-5-17-31-24-18-21-6-2-3-9-23(21)32-26(24)30/h2-4,6-11,18H,5,12-17H2,1H3. The van der Waals surface area contributed by atoms with Gasteiger partial charge in [0.15, 0.2) is 0 Å². The summed E-state index contributed by atoms with van der Waals surface area (Å²) >= 11 is 0. The van der Waals surface area contributed by atoms with Crippen molar-refractivity contribution in [3.63, 3.8) is 0 Å². The van der Waals surface area contributed by atoms with Crippen LogP contribution in [0, 0.1) is 6.92 Å². The van der Waals surface area contributed by atoms with Gasteiger partial charge in [-0.2, -0.15) is 0 Å². The molecule has 0 radical (unpaired) electrons. The predicted molar refractivity (Wildman–Crippen MR) is 128 cm³/mol. The normalized spacial score (nSPS) is 14.8. The second kappa shape index (κ2) is 9.01. The smallest absolute Gasteiger partial charge is 0.379 e. The molecule has 0 atom stereocenters. The van der Waals surface area contributed by atoms with E-state index in [1.54, 1.807) is 12.1 Å². The van der Waals surface area contributed by atoms with Crippen LogP contribution in [-0.4, -0.2) is 49.2 Å². The number of piperazine rings is 1. The van der Waals surface area contributed by atoms with Crippen molar-refractivity contribution in [1.29, 1.82) is 0 Å². The van der Waals surface area contributed by atoms with Crippen LogP contribution < -0.4 is 15.3 Å². The number of aromatic nitrogens is 1. The van der Waals surface area contributed by atoms with Crippen LogP contribution in [0.1, 0.15) is 12.1 Å². The van der Waals surface area contributed by atoms with E-state index in [0.29, 0.717) is 12.2 Å². The maximum Gasteiger partial charge on any atom is 0.379 e. The molecule has 0 spiro atoms. The van der Waals surface area contributed by atoms with E-state index in [4.69, 9.17) is 14.1 Å². The number of anilines is 1. The molecule has 4 aromatic rings. The Morgan fingerprint density at radius 3 is 2.66 bits per heavy atom. The van der Waals surface area contributed by atoms with E-state index in [-0.39, 0.29) is 5.75 Å². The first-order valence-corrected chi connectivity index (χ1v) is 11.2. The Morgan fingerprint density at radius 2 is 1.78 bits per heavy atom. The van der Waals surface area contributed by atoms with Gasteiger partial charge in [-0.1, -0.05) is 36.4 Å². The Bertz CT molecular complexity index is 1290. The topological polar surface area (TPSA) is 58.8 Å². The number of pyridine rings is 1. The summed E-state index contributed by atoms with van der Waals surface area (Å²) in [5.74, 6) is 0.285. The molecular weight excluding hydrogens is 402 g/mol. The van der Waals surface area contributed by atoms with Crippen LogP contribution in [0.2, 0.25) is 0 Å². The van der Waals surface area contributed by atoms with Crippen LogP contribution in [0.15, 0.2) is 69.9 Å². The first-order chi connectivity index (χ1) is 15.7. The molecule has 3 heterocycles. The number of benzene rings is 2. The highest BCUT2D eigenvalue weighted by atomic mass is 16.5. The van der Waals surface area contributed by atoms with Gasteiger partial charge >= 0.3 is 5.63 Å². The average molecular weight is 430 g/mol. The van der Waals surface area contributed by atoms with E-state index in [0.717, 1.165) is 55.7 Å². The molecule has 0 N–H and O–H groups in total. The molecule has 0 aliphatic carbocycles. The maximum absolute atomic E-state index is 12.1. The van der Waals surface area contributed by atoms with Gasteiger partial charge in [-0.3, -0.25) is 9.88 Å². The molecule has 5 rings (SSSR count). The lowest BCUT2D eigenvalue weighted by Gasteiger charge is -2.36. The number of nitrogens with zero attached hydrogens (tertiary/aromatic N) is 3. The summed E-state index contributed by atoms with van der Waals surface area (Å²) < 4.78 is 11.1. The lowest BCUT2D eigenvalue weighted by Crippen LogP contribution is -2.46. The van der Waals surface area contributed by atoms with Gasteiger partial charge in [0, 0.05) is 49.2 Å². The molecule has 1 fully saturated rings. The van der Waals surface area contributed by atoms with Crippen LogP contribution in [-0.2, 0) is 0 Å². The van der Waals surface area contributed by atoms with Gasteiger partial charge < -0.3 is 14.1 Å². The van der Waals surface area contributed by atoms with Crippen molar-refractivity contribution in [3.8, 4) is 5.75 Å². The van der Waals surface area contributed by atoms with E-state index < -0.39 is 5.63 Å². The molecular formula is C26H27N3O3. The summed E-state index contributed by atoms with van der Waals surface area (Å²) in [7, 11) is 0. The number of hydrogen-bond donors (Lipinski definition) is 0. The van der Waals surface area contributed by atoms with Gasteiger partial charge in [0.25, 0.3) is 0 Å². The average Bonchev–Trinajstić information content (AvgIpc) is 2.82. The molecule has 0 saturated carbocycles. The van der Waals surface area contributed by atoms with Gasteiger partial charge in [0.1, 0.15) is 5.58 Å². The number of ether oxygens (including phenoxy) is 1. The van der Waals surface area contributed by atoms with Crippen molar-refractivity contribution in [2.75, 3.05) is 44.2 Å². The van der Waals surface area contributed by atoms with Gasteiger partial charge in [-0.05, 0) is 37.6 Å². The second-order valence-electron chi connectivity index (χ2n) is 8.27. The second-order valence-corrected chi connectivity index (χ2v) is 8.27. The van der Waals surface area contributed by atoms with Gasteiger partial charge in [0.2, 0.25) is 5.75 Å². The molecule has 0 amide bonds. The lowest BCUT2D eigenvalue weighted by molar-refractivity contribution is 0.222. The van der Waals surface area contributed by atoms with Crippen LogP contribution >= 0.6 is 0 Å². The third-order valence-corrected chi connectivity index (χ3v) is 6.04. The molecule has 32 heavy (non-hydrogen) atoms. The Hall–Kier alpha value is -3.38. The Kier molecular flexibility index (Phi) is 5.77. The predicted octanol–water partition coefficient (Wildman–Crippen LogP) is 4.24. The largest absolute Gasteiger partial charge is 0.486 e. The summed E-state index contributed by atoms with van der Waals surface area (Å²) in [4.78, 5) is 21.8. The molecule has 6 heteroatoms. The van der Waals surface area contributed by atoms with E-state index in [1.807, 2.05) is 25.1 Å². The first-order valence-electron chi connectivity index (χ1n) is 11.2. The summed E-state index contributed by atoms with van der Waals surface area (Å²) in [5.41, 5.74) is 3.51. The molecule has 2 aromatic heterocycles. The number of rotatable bonds is 6. The summed E-state index contributed by atoms with van der Waals surface area (Å²) in [6.45, 7) is 7.43. The molecule has 1 saturated heterocycles. The molecule has 1 aliphatic heterocycles. The third kappa shape index (κ3) is 4.32. The minimum absolute atomic E-state index is 0.285. The molecule has 2 aromatic carbocycles. The van der Waals surface area contributed by atoms with Crippen molar-refractivity contribution in [1.82, 2.24) is 9.88 Å². The quantitative estimate of drug-likeness (QED) is 0.338. The monoisotopic (exact) mass is 429 g/mol. The SMILES string of the molecule is Cc1ccc2cccc(N3CCN(CCCOc4cc5ccccc5oc4=O)CC3)c2n1. The van der Waals surface area contributed by atoms with Gasteiger partial charge in [0.05, 0.1) is 17.8 Å². The summed E-state index contributed by atoms with van der Waals surface area (Å²) in [6, 6.07) is 19.9. The van der Waals surface area contributed by atoms with Gasteiger partial charge in [-0.25, -0.2) is 4.79 Å². The maximum atomic E-state index is 12.1. The van der Waals surface area contributed by atoms with E-state index in [2.05, 4.69) is 40.1 Å². The Balaban J connectivity index is 1.14. The highest BCUT2D eigenvalue weighted by Gasteiger charge is 2.19. The summed E-state index contributed by atoms with van der Waals surface area (Å²) in [6.07, 6.45) is 0.862. The zero-order chi connectivity index (χ0) is 21.9. The molecule has 0 unspecified atom stereocenters. The van der Waals surface area contributed by atoms with Crippen LogP contribution in [0.5, 0.6) is 5.75 Å². The fourth-order valence-corrected chi connectivity index (χ4v) is 4.31. The third-order valence-electron chi connectivity index (χ3n) is 6.04. The van der Waals surface area contributed by atoms with Crippen molar-refractivity contribution < 1.29 is 9.15 Å². The van der Waals surface area contributed by atoms with E-state index >= 15 is 0 Å². The molecule has 6 nitrogen and oxygen atoms in total. The number of para-hydroxylation sites is 2. The number of aryl methyl sites for hydroxylation is 1. The van der Waals surface area contributed by atoms with Crippen molar-refractivity contribution >= 4 is 27.6 Å². The van der Waals surface area contributed by atoms with Crippen molar-refractivity contribution in [3.05, 3.63) is 76.8 Å². The van der Waals surface area contributed by atoms with Crippen molar-refractivity contribution in [2.45, 2.75) is 13.3 Å². The molecule has 0 bridgehead atoms. The molecule has 164 valence electrons. The lowest BCUT2D eigenvalue weighted by atomic mass is 10.1. The van der Waals surface area contributed by atoms with Gasteiger partial charge in [-0.15, -0.1) is 0 Å². The fourth-order valence-electron chi connectivity index (χ4n) is 4.31. The summed E-state index contributed by atoms with van der Waals surface area (Å²) in [5, 5.41) is 2.06. The first kappa shape index (κ1) is 20.5. The Morgan fingerprint density at radius 1 is 0.969 bits per heavy atom. The van der Waals surface area contributed by atoms with Crippen LogP contribution in [0.3, 0.4) is 0 Å². The minimum atomic E-state index is -0.420. The zero-order valence-corrected chi connectivity index (χ0v) is 18.3. The highest BCUT2D eigenvalue weighted by molar-refractivity contribution is 5.91. The minimum Gasteiger partial charge on any atom is -0.486 e.